The van der Waals surface area contributed by atoms with Crippen molar-refractivity contribution in [3.8, 4) is 17.4 Å². The molecule has 0 saturated heterocycles. The van der Waals surface area contributed by atoms with E-state index < -0.39 is 0 Å². The molecule has 0 spiro atoms. The third kappa shape index (κ3) is 3.50. The lowest BCUT2D eigenvalue weighted by molar-refractivity contribution is 0.515. The molecule has 0 unspecified atom stereocenters. The number of nitrogens with zero attached hydrogens (tertiary/aromatic N) is 4. The van der Waals surface area contributed by atoms with Crippen LogP contribution in [0, 0.1) is 11.3 Å². The van der Waals surface area contributed by atoms with Gasteiger partial charge in [0, 0.05) is 5.56 Å². The Morgan fingerprint density at radius 2 is 1.92 bits per heavy atom. The number of anilines is 1. The summed E-state index contributed by atoms with van der Waals surface area (Å²) in [4.78, 5) is 4.28. The minimum atomic E-state index is 0.338. The summed E-state index contributed by atoms with van der Waals surface area (Å²) < 4.78 is 5.76. The first-order valence-corrected chi connectivity index (χ1v) is 8.29. The van der Waals surface area contributed by atoms with Gasteiger partial charge in [0.15, 0.2) is 11.6 Å². The zero-order valence-corrected chi connectivity index (χ0v) is 14.3. The van der Waals surface area contributed by atoms with E-state index in [-0.39, 0.29) is 0 Å². The Morgan fingerprint density at radius 3 is 2.60 bits per heavy atom. The van der Waals surface area contributed by atoms with Crippen molar-refractivity contribution in [3.63, 3.8) is 0 Å². The second-order valence-electron chi connectivity index (χ2n) is 5.51. The molecule has 126 valence electrons. The molecule has 0 aliphatic rings. The van der Waals surface area contributed by atoms with E-state index in [9.17, 15) is 5.26 Å². The normalized spacial score (nSPS) is 10.4. The third-order valence-electron chi connectivity index (χ3n) is 3.98. The largest absolute Gasteiger partial charge is 0.439 e. The molecule has 1 N–H and O–H groups in total. The molecule has 25 heavy (non-hydrogen) atoms. The zero-order valence-electron chi connectivity index (χ0n) is 14.3. The van der Waals surface area contributed by atoms with Crippen molar-refractivity contribution in [3.05, 3.63) is 59.2 Å². The van der Waals surface area contributed by atoms with E-state index in [1.54, 1.807) is 6.20 Å². The number of rotatable bonds is 6. The second-order valence-corrected chi connectivity index (χ2v) is 5.51. The molecule has 0 bridgehead atoms. The molecule has 3 rings (SSSR count). The Kier molecular flexibility index (Phi) is 5.05. The Bertz CT molecular complexity index is 896. The maximum atomic E-state index is 9.50. The fourth-order valence-electron chi connectivity index (χ4n) is 2.70. The summed E-state index contributed by atoms with van der Waals surface area (Å²) in [7, 11) is 0. The summed E-state index contributed by atoms with van der Waals surface area (Å²) in [6.07, 6.45) is 3.19. The van der Waals surface area contributed by atoms with Crippen molar-refractivity contribution >= 4 is 5.82 Å². The van der Waals surface area contributed by atoms with Crippen molar-refractivity contribution in [2.75, 3.05) is 5.32 Å². The van der Waals surface area contributed by atoms with Gasteiger partial charge >= 0.3 is 0 Å². The van der Waals surface area contributed by atoms with Crippen LogP contribution in [0.3, 0.4) is 0 Å². The van der Waals surface area contributed by atoms with E-state index >= 15 is 0 Å². The molecule has 0 aliphatic carbocycles. The molecule has 2 aromatic heterocycles. The number of nitriles is 1. The summed E-state index contributed by atoms with van der Waals surface area (Å²) in [5, 5.41) is 21.0. The van der Waals surface area contributed by atoms with Gasteiger partial charge in [-0.05, 0) is 18.4 Å². The lowest BCUT2D eigenvalue weighted by atomic mass is 10.0. The van der Waals surface area contributed by atoms with E-state index in [1.165, 1.54) is 0 Å². The Morgan fingerprint density at radius 1 is 1.12 bits per heavy atom. The van der Waals surface area contributed by atoms with Crippen molar-refractivity contribution < 1.29 is 4.42 Å². The number of oxazole rings is 1. The molecule has 6 heteroatoms. The smallest absolute Gasteiger partial charge is 0.214 e. The van der Waals surface area contributed by atoms with Crippen LogP contribution in [-0.2, 0) is 19.4 Å². The van der Waals surface area contributed by atoms with Crippen molar-refractivity contribution in [1.29, 1.82) is 5.26 Å². The highest BCUT2D eigenvalue weighted by Crippen LogP contribution is 2.22. The summed E-state index contributed by atoms with van der Waals surface area (Å²) in [6.45, 7) is 4.36. The van der Waals surface area contributed by atoms with E-state index in [1.807, 2.05) is 44.2 Å². The van der Waals surface area contributed by atoms with Gasteiger partial charge in [-0.25, -0.2) is 4.98 Å². The molecule has 2 heterocycles. The lowest BCUT2D eigenvalue weighted by Gasteiger charge is -2.10. The molecule has 0 aliphatic heterocycles. The van der Waals surface area contributed by atoms with Crippen LogP contribution in [0.15, 0.2) is 40.9 Å². The van der Waals surface area contributed by atoms with Gasteiger partial charge in [-0.15, -0.1) is 5.10 Å². The van der Waals surface area contributed by atoms with Crippen molar-refractivity contribution in [1.82, 2.24) is 15.2 Å². The molecule has 6 nitrogen and oxygen atoms in total. The lowest BCUT2D eigenvalue weighted by Crippen LogP contribution is -2.10. The summed E-state index contributed by atoms with van der Waals surface area (Å²) >= 11 is 0. The molecule has 0 saturated carbocycles. The first kappa shape index (κ1) is 16.7. The molecule has 3 aromatic rings. The molecule has 0 amide bonds. The first-order valence-electron chi connectivity index (χ1n) is 8.29. The molecule has 0 fully saturated rings. The van der Waals surface area contributed by atoms with Crippen LogP contribution >= 0.6 is 0 Å². The van der Waals surface area contributed by atoms with Crippen LogP contribution in [0.25, 0.3) is 11.3 Å². The van der Waals surface area contributed by atoms with Gasteiger partial charge in [0.2, 0.25) is 5.89 Å². The standard InChI is InChI=1S/C19H19N5O/c1-3-14-15(10-20)19(24-23-16(14)4-2)22-12-18-21-11-17(25-18)13-8-6-5-7-9-13/h5-9,11H,3-4,12H2,1-2H3,(H,22,24). The number of hydrogen-bond acceptors (Lipinski definition) is 6. The number of aryl methyl sites for hydroxylation is 1. The minimum Gasteiger partial charge on any atom is -0.439 e. The summed E-state index contributed by atoms with van der Waals surface area (Å²) in [5.41, 5.74) is 3.33. The highest BCUT2D eigenvalue weighted by molar-refractivity contribution is 5.57. The predicted molar refractivity (Wildman–Crippen MR) is 94.8 cm³/mol. The highest BCUT2D eigenvalue weighted by Gasteiger charge is 2.15. The van der Waals surface area contributed by atoms with Crippen LogP contribution in [0.4, 0.5) is 5.82 Å². The van der Waals surface area contributed by atoms with E-state index in [0.29, 0.717) is 29.6 Å². The van der Waals surface area contributed by atoms with Gasteiger partial charge in [-0.3, -0.25) is 0 Å². The Balaban J connectivity index is 1.79. The van der Waals surface area contributed by atoms with E-state index in [2.05, 4.69) is 26.6 Å². The van der Waals surface area contributed by atoms with Crippen molar-refractivity contribution in [2.24, 2.45) is 0 Å². The molecule has 0 atom stereocenters. The van der Waals surface area contributed by atoms with Crippen molar-refractivity contribution in [2.45, 2.75) is 33.2 Å². The second kappa shape index (κ2) is 7.58. The zero-order chi connectivity index (χ0) is 17.6. The Hall–Kier alpha value is -3.20. The first-order chi connectivity index (χ1) is 12.3. The van der Waals surface area contributed by atoms with Crippen LogP contribution in [-0.4, -0.2) is 15.2 Å². The maximum absolute atomic E-state index is 9.50. The van der Waals surface area contributed by atoms with Crippen LogP contribution in [0.1, 0.15) is 36.6 Å². The van der Waals surface area contributed by atoms with Crippen LogP contribution in [0.2, 0.25) is 0 Å². The Labute approximate surface area is 146 Å². The van der Waals surface area contributed by atoms with Crippen LogP contribution in [0.5, 0.6) is 0 Å². The highest BCUT2D eigenvalue weighted by atomic mass is 16.4. The van der Waals surface area contributed by atoms with Crippen LogP contribution < -0.4 is 5.32 Å². The van der Waals surface area contributed by atoms with Gasteiger partial charge in [0.25, 0.3) is 0 Å². The predicted octanol–water partition coefficient (Wildman–Crippen LogP) is 3.74. The number of nitrogens with one attached hydrogen (secondary N) is 1. The fourth-order valence-corrected chi connectivity index (χ4v) is 2.70. The third-order valence-corrected chi connectivity index (χ3v) is 3.98. The fraction of sp³-hybridized carbons (Fsp3) is 0.263. The van der Waals surface area contributed by atoms with Gasteiger partial charge in [0.1, 0.15) is 11.6 Å². The molecular weight excluding hydrogens is 314 g/mol. The van der Waals surface area contributed by atoms with Gasteiger partial charge in [0.05, 0.1) is 18.4 Å². The monoisotopic (exact) mass is 333 g/mol. The van der Waals surface area contributed by atoms with Gasteiger partial charge in [-0.2, -0.15) is 10.4 Å². The quantitative estimate of drug-likeness (QED) is 0.739. The number of benzene rings is 1. The average Bonchev–Trinajstić information content (AvgIpc) is 3.15. The van der Waals surface area contributed by atoms with Gasteiger partial charge in [-0.1, -0.05) is 44.2 Å². The maximum Gasteiger partial charge on any atom is 0.214 e. The topological polar surface area (TPSA) is 87.6 Å². The summed E-state index contributed by atoms with van der Waals surface area (Å²) in [5.74, 6) is 1.71. The minimum absolute atomic E-state index is 0.338. The molecule has 1 aromatic carbocycles. The SMILES string of the molecule is CCc1nnc(NCc2ncc(-c3ccccc3)o2)c(C#N)c1CC. The molecular formula is C19H19N5O. The number of aromatic nitrogens is 3. The molecule has 0 radical (unpaired) electrons. The number of hydrogen-bond donors (Lipinski definition) is 1. The van der Waals surface area contributed by atoms with E-state index in [0.717, 1.165) is 29.7 Å². The average molecular weight is 333 g/mol. The summed E-state index contributed by atoms with van der Waals surface area (Å²) in [6, 6.07) is 12.0. The van der Waals surface area contributed by atoms with E-state index in [4.69, 9.17) is 4.42 Å². The van der Waals surface area contributed by atoms with Gasteiger partial charge < -0.3 is 9.73 Å².